The van der Waals surface area contributed by atoms with Crippen LogP contribution < -0.4 is 16.4 Å². The van der Waals surface area contributed by atoms with Crippen molar-refractivity contribution in [1.29, 1.82) is 0 Å². The van der Waals surface area contributed by atoms with Gasteiger partial charge in [0, 0.05) is 25.4 Å². The lowest BCUT2D eigenvalue weighted by molar-refractivity contribution is -0.136. The van der Waals surface area contributed by atoms with Crippen molar-refractivity contribution in [2.24, 2.45) is 11.1 Å². The van der Waals surface area contributed by atoms with Crippen molar-refractivity contribution >= 4 is 29.9 Å². The summed E-state index contributed by atoms with van der Waals surface area (Å²) in [4.78, 5) is 24.1. The van der Waals surface area contributed by atoms with E-state index in [0.717, 1.165) is 16.8 Å². The van der Waals surface area contributed by atoms with Crippen LogP contribution in [0.1, 0.15) is 36.9 Å². The molecule has 2 amide bonds. The molecule has 2 aliphatic heterocycles. The van der Waals surface area contributed by atoms with Crippen LogP contribution in [0.25, 0.3) is 0 Å². The Hall–Kier alpha value is -1.63. The minimum atomic E-state index is -0.527. The van der Waals surface area contributed by atoms with Gasteiger partial charge in [-0.3, -0.25) is 9.59 Å². The second kappa shape index (κ2) is 7.51. The number of nitrogens with two attached hydrogens (primary N) is 1. The first kappa shape index (κ1) is 18.7. The molecule has 1 aromatic rings. The fourth-order valence-corrected chi connectivity index (χ4v) is 3.24. The van der Waals surface area contributed by atoms with E-state index in [1.54, 1.807) is 0 Å². The van der Waals surface area contributed by atoms with Gasteiger partial charge in [-0.2, -0.15) is 0 Å². The van der Waals surface area contributed by atoms with Gasteiger partial charge in [-0.15, -0.1) is 12.4 Å². The quantitative estimate of drug-likeness (QED) is 0.765. The van der Waals surface area contributed by atoms with Gasteiger partial charge in [0.15, 0.2) is 0 Å². The van der Waals surface area contributed by atoms with Crippen molar-refractivity contribution < 1.29 is 14.3 Å². The van der Waals surface area contributed by atoms with Gasteiger partial charge in [0.05, 0.1) is 17.9 Å². The molecule has 1 unspecified atom stereocenters. The van der Waals surface area contributed by atoms with Gasteiger partial charge < -0.3 is 21.1 Å². The minimum absolute atomic E-state index is 0. The number of amides is 2. The first-order valence-corrected chi connectivity index (χ1v) is 8.05. The van der Waals surface area contributed by atoms with Crippen molar-refractivity contribution in [3.63, 3.8) is 0 Å². The molecule has 0 spiro atoms. The fraction of sp³-hybridized carbons (Fsp3) is 0.529. The Morgan fingerprint density at radius 2 is 2.12 bits per heavy atom. The van der Waals surface area contributed by atoms with Crippen LogP contribution in [-0.4, -0.2) is 31.6 Å². The molecule has 0 aromatic heterocycles. The average Bonchev–Trinajstić information content (AvgIpc) is 2.94. The van der Waals surface area contributed by atoms with E-state index in [9.17, 15) is 9.59 Å². The lowest BCUT2D eigenvalue weighted by Gasteiger charge is -2.35. The van der Waals surface area contributed by atoms with Gasteiger partial charge in [0.1, 0.15) is 0 Å². The number of hydrogen-bond donors (Lipinski definition) is 3. The van der Waals surface area contributed by atoms with Crippen LogP contribution >= 0.6 is 12.4 Å². The van der Waals surface area contributed by atoms with E-state index in [1.165, 1.54) is 0 Å². The maximum absolute atomic E-state index is 12.7. The molecule has 0 aliphatic carbocycles. The molecular weight excluding hydrogens is 330 g/mol. The minimum Gasteiger partial charge on any atom is -0.381 e. The zero-order valence-corrected chi connectivity index (χ0v) is 14.6. The Kier molecular flexibility index (Phi) is 5.85. The highest BCUT2D eigenvalue weighted by atomic mass is 35.5. The number of rotatable bonds is 4. The number of carbonyl (C=O) groups is 2. The van der Waals surface area contributed by atoms with Gasteiger partial charge in [-0.1, -0.05) is 12.1 Å². The lowest BCUT2D eigenvalue weighted by atomic mass is 9.79. The molecule has 1 atom stereocenters. The summed E-state index contributed by atoms with van der Waals surface area (Å²) in [6.07, 6.45) is 1.71. The lowest BCUT2D eigenvalue weighted by Crippen LogP contribution is -2.49. The molecular formula is C17H24ClN3O3. The highest BCUT2D eigenvalue weighted by molar-refractivity contribution is 5.99. The summed E-state index contributed by atoms with van der Waals surface area (Å²) in [6.45, 7) is 3.43. The third kappa shape index (κ3) is 3.55. The predicted octanol–water partition coefficient (Wildman–Crippen LogP) is 1.54. The van der Waals surface area contributed by atoms with Crippen LogP contribution in [-0.2, 0) is 20.7 Å². The molecule has 2 aliphatic rings. The summed E-state index contributed by atoms with van der Waals surface area (Å²) in [5.41, 5.74) is 8.19. The molecule has 1 aromatic carbocycles. The summed E-state index contributed by atoms with van der Waals surface area (Å²) < 4.78 is 5.35. The Morgan fingerprint density at radius 1 is 1.42 bits per heavy atom. The zero-order valence-electron chi connectivity index (χ0n) is 13.8. The van der Waals surface area contributed by atoms with Crippen LogP contribution in [0.2, 0.25) is 0 Å². The van der Waals surface area contributed by atoms with E-state index in [4.69, 9.17) is 10.5 Å². The number of ether oxygens (including phenoxy) is 1. The van der Waals surface area contributed by atoms with Crippen molar-refractivity contribution in [3.8, 4) is 0 Å². The van der Waals surface area contributed by atoms with E-state index in [-0.39, 0.29) is 30.3 Å². The number of anilines is 1. The molecule has 2 heterocycles. The molecule has 24 heavy (non-hydrogen) atoms. The molecule has 3 rings (SSSR count). The zero-order chi connectivity index (χ0) is 16.4. The Balaban J connectivity index is 0.00000208. The van der Waals surface area contributed by atoms with Crippen molar-refractivity contribution in [2.45, 2.75) is 32.2 Å². The largest absolute Gasteiger partial charge is 0.381 e. The van der Waals surface area contributed by atoms with Crippen LogP contribution in [0.5, 0.6) is 0 Å². The van der Waals surface area contributed by atoms with Gasteiger partial charge in [0.2, 0.25) is 11.8 Å². The van der Waals surface area contributed by atoms with Gasteiger partial charge >= 0.3 is 0 Å². The monoisotopic (exact) mass is 353 g/mol. The molecule has 0 radical (unpaired) electrons. The van der Waals surface area contributed by atoms with E-state index in [1.807, 2.05) is 25.1 Å². The third-order valence-corrected chi connectivity index (χ3v) is 4.92. The summed E-state index contributed by atoms with van der Waals surface area (Å²) in [6, 6.07) is 5.69. The predicted molar refractivity (Wildman–Crippen MR) is 94.1 cm³/mol. The summed E-state index contributed by atoms with van der Waals surface area (Å²) in [5, 5.41) is 5.89. The number of halogens is 1. The van der Waals surface area contributed by atoms with Crippen molar-refractivity contribution in [1.82, 2.24) is 5.32 Å². The molecule has 1 saturated heterocycles. The Morgan fingerprint density at radius 3 is 2.79 bits per heavy atom. The molecule has 7 heteroatoms. The highest BCUT2D eigenvalue weighted by Crippen LogP contribution is 2.31. The normalized spacial score (nSPS) is 19.7. The maximum atomic E-state index is 12.7. The topological polar surface area (TPSA) is 93.5 Å². The average molecular weight is 354 g/mol. The van der Waals surface area contributed by atoms with Crippen LogP contribution in [0, 0.1) is 5.41 Å². The Labute approximate surface area is 147 Å². The number of nitrogens with one attached hydrogen (secondary N) is 2. The van der Waals surface area contributed by atoms with E-state index in [0.29, 0.717) is 39.0 Å². The van der Waals surface area contributed by atoms with Crippen LogP contribution in [0.4, 0.5) is 5.69 Å². The van der Waals surface area contributed by atoms with Gasteiger partial charge in [-0.25, -0.2) is 0 Å². The maximum Gasteiger partial charge on any atom is 0.228 e. The van der Waals surface area contributed by atoms with Gasteiger partial charge in [-0.05, 0) is 37.0 Å². The second-order valence-corrected chi connectivity index (χ2v) is 6.43. The first-order valence-electron chi connectivity index (χ1n) is 8.05. The van der Waals surface area contributed by atoms with Crippen LogP contribution in [0.3, 0.4) is 0 Å². The summed E-state index contributed by atoms with van der Waals surface area (Å²) in [5.74, 6) is 0.00336. The molecule has 132 valence electrons. The standard InChI is InChI=1S/C17H23N3O3.ClH/c1-11(12-2-3-14-13(8-12)9-15(21)20-14)19-16(22)17(10-18)4-6-23-7-5-17;/h2-3,8,11H,4-7,9-10,18H2,1H3,(H,19,22)(H,20,21);1H. The van der Waals surface area contributed by atoms with E-state index >= 15 is 0 Å². The number of carbonyl (C=O) groups excluding carboxylic acids is 2. The van der Waals surface area contributed by atoms with Crippen molar-refractivity contribution in [3.05, 3.63) is 29.3 Å². The number of hydrogen-bond acceptors (Lipinski definition) is 4. The summed E-state index contributed by atoms with van der Waals surface area (Å²) >= 11 is 0. The smallest absolute Gasteiger partial charge is 0.228 e. The number of benzene rings is 1. The SMILES string of the molecule is CC(NC(=O)C1(CN)CCOCC1)c1ccc2c(c1)CC(=O)N2.Cl. The van der Waals surface area contributed by atoms with Gasteiger partial charge in [0.25, 0.3) is 0 Å². The molecule has 1 fully saturated rings. The molecule has 6 nitrogen and oxygen atoms in total. The third-order valence-electron chi connectivity index (χ3n) is 4.92. The van der Waals surface area contributed by atoms with Crippen LogP contribution in [0.15, 0.2) is 18.2 Å². The van der Waals surface area contributed by atoms with E-state index in [2.05, 4.69) is 10.6 Å². The second-order valence-electron chi connectivity index (χ2n) is 6.43. The number of fused-ring (bicyclic) bond motifs is 1. The molecule has 0 bridgehead atoms. The first-order chi connectivity index (χ1) is 11.0. The van der Waals surface area contributed by atoms with Crippen molar-refractivity contribution in [2.75, 3.05) is 25.1 Å². The fourth-order valence-electron chi connectivity index (χ4n) is 3.24. The molecule has 4 N–H and O–H groups in total. The Bertz CT molecular complexity index is 630. The molecule has 0 saturated carbocycles. The van der Waals surface area contributed by atoms with E-state index < -0.39 is 5.41 Å². The summed E-state index contributed by atoms with van der Waals surface area (Å²) in [7, 11) is 0. The highest BCUT2D eigenvalue weighted by Gasteiger charge is 2.39.